The highest BCUT2D eigenvalue weighted by molar-refractivity contribution is 14.1. The van der Waals surface area contributed by atoms with E-state index < -0.39 is 60.1 Å². The van der Waals surface area contributed by atoms with Crippen molar-refractivity contribution in [2.75, 3.05) is 31.6 Å². The summed E-state index contributed by atoms with van der Waals surface area (Å²) in [6.45, 7) is -0.0345. The van der Waals surface area contributed by atoms with Crippen LogP contribution in [0.5, 0.6) is 11.5 Å². The zero-order valence-corrected chi connectivity index (χ0v) is 25.3. The van der Waals surface area contributed by atoms with E-state index in [1.807, 2.05) is 0 Å². The number of piperazine rings is 1. The molecule has 3 aromatic rings. The number of anilines is 1. The SMILES string of the molecule is O=C1Nc2ccc(-c3cc(C(F)(F)F)cc(C(F)(F)F)c3)cc2CN2CCN(C(=O)COc3ccc(OC(F)(F)F)cc3I)C[C@@H]12. The van der Waals surface area contributed by atoms with Gasteiger partial charge in [-0.15, -0.1) is 13.2 Å². The van der Waals surface area contributed by atoms with Crippen LogP contribution in [0.2, 0.25) is 0 Å². The Morgan fingerprint density at radius 2 is 1.54 bits per heavy atom. The monoisotopic (exact) mass is 773 g/mol. The Hall–Kier alpha value is -3.74. The van der Waals surface area contributed by atoms with Crippen molar-refractivity contribution in [3.63, 3.8) is 0 Å². The molecule has 0 saturated carbocycles. The lowest BCUT2D eigenvalue weighted by atomic mass is 9.97. The molecule has 7 nitrogen and oxygen atoms in total. The first-order valence-electron chi connectivity index (χ1n) is 13.3. The summed E-state index contributed by atoms with van der Waals surface area (Å²) in [6.07, 6.45) is -14.9. The Morgan fingerprint density at radius 3 is 2.15 bits per heavy atom. The molecule has 1 N–H and O–H groups in total. The molecule has 0 spiro atoms. The van der Waals surface area contributed by atoms with E-state index in [0.29, 0.717) is 23.4 Å². The smallest absolute Gasteiger partial charge is 0.483 e. The number of nitrogens with one attached hydrogen (secondary N) is 1. The molecular weight excluding hydrogens is 752 g/mol. The third kappa shape index (κ3) is 7.79. The Kier molecular flexibility index (Phi) is 9.11. The molecular formula is C29H21F9IN3O4. The molecule has 3 aromatic carbocycles. The molecule has 2 amide bonds. The van der Waals surface area contributed by atoms with Gasteiger partial charge in [-0.05, 0) is 87.8 Å². The van der Waals surface area contributed by atoms with E-state index in [9.17, 15) is 49.1 Å². The summed E-state index contributed by atoms with van der Waals surface area (Å²) in [7, 11) is 0. The lowest BCUT2D eigenvalue weighted by Crippen LogP contribution is -2.58. The van der Waals surface area contributed by atoms with Gasteiger partial charge in [-0.1, -0.05) is 6.07 Å². The van der Waals surface area contributed by atoms with Gasteiger partial charge in [0.2, 0.25) is 5.91 Å². The van der Waals surface area contributed by atoms with Crippen molar-refractivity contribution in [2.24, 2.45) is 0 Å². The number of hydrogen-bond donors (Lipinski definition) is 1. The van der Waals surface area contributed by atoms with E-state index in [-0.39, 0.29) is 52.7 Å². The molecule has 17 heteroatoms. The lowest BCUT2D eigenvalue weighted by Gasteiger charge is -2.39. The van der Waals surface area contributed by atoms with E-state index in [4.69, 9.17) is 4.74 Å². The average Bonchev–Trinajstić information content (AvgIpc) is 3.09. The zero-order chi connectivity index (χ0) is 33.6. The van der Waals surface area contributed by atoms with Crippen LogP contribution in [-0.4, -0.2) is 60.3 Å². The topological polar surface area (TPSA) is 71.1 Å². The van der Waals surface area contributed by atoms with E-state index in [1.54, 1.807) is 27.5 Å². The standard InChI is InChI=1S/C29H21F9IN3O4/c30-27(31,32)18-8-16(9-19(10-18)28(33,34)35)15-1-3-22-17(7-15)12-41-5-6-42(13-23(41)26(44)40-22)25(43)14-45-24-4-2-20(11-21(24)39)46-29(36,37)38/h1-4,7-11,23H,5-6,12-14H2,(H,40,44)/t23-/m0/s1. The second kappa shape index (κ2) is 12.5. The predicted molar refractivity (Wildman–Crippen MR) is 153 cm³/mol. The number of carbonyl (C=O) groups is 2. The Bertz CT molecular complexity index is 1630. The van der Waals surface area contributed by atoms with Crippen molar-refractivity contribution in [2.45, 2.75) is 31.3 Å². The fourth-order valence-corrected chi connectivity index (χ4v) is 5.74. The van der Waals surface area contributed by atoms with Crippen molar-refractivity contribution in [1.82, 2.24) is 9.80 Å². The minimum absolute atomic E-state index is 0.0487. The van der Waals surface area contributed by atoms with Gasteiger partial charge in [-0.2, -0.15) is 26.3 Å². The average molecular weight is 773 g/mol. The quantitative estimate of drug-likeness (QED) is 0.225. The normalized spacial score (nSPS) is 17.5. The van der Waals surface area contributed by atoms with E-state index in [1.165, 1.54) is 29.2 Å². The largest absolute Gasteiger partial charge is 0.573 e. The number of amides is 2. The summed E-state index contributed by atoms with van der Waals surface area (Å²) < 4.78 is 127. The van der Waals surface area contributed by atoms with Crippen LogP contribution in [0, 0.1) is 3.57 Å². The van der Waals surface area contributed by atoms with Crippen molar-refractivity contribution < 1.29 is 58.6 Å². The maximum atomic E-state index is 13.4. The van der Waals surface area contributed by atoms with E-state index in [0.717, 1.165) is 12.1 Å². The number of nitrogens with zero attached hydrogens (tertiary/aromatic N) is 2. The Labute approximate surface area is 268 Å². The molecule has 1 saturated heterocycles. The van der Waals surface area contributed by atoms with E-state index >= 15 is 0 Å². The van der Waals surface area contributed by atoms with Crippen molar-refractivity contribution in [3.05, 3.63) is 74.9 Å². The predicted octanol–water partition coefficient (Wildman–Crippen LogP) is 6.94. The third-order valence-corrected chi connectivity index (χ3v) is 8.14. The number of halogens is 10. The molecule has 246 valence electrons. The number of benzene rings is 3. The van der Waals surface area contributed by atoms with Gasteiger partial charge in [0.1, 0.15) is 17.5 Å². The molecule has 0 radical (unpaired) electrons. The fourth-order valence-electron chi connectivity index (χ4n) is 5.09. The Balaban J connectivity index is 1.28. The minimum Gasteiger partial charge on any atom is -0.483 e. The molecule has 1 fully saturated rings. The molecule has 2 heterocycles. The maximum absolute atomic E-state index is 13.4. The fraction of sp³-hybridized carbons (Fsp3) is 0.310. The van der Waals surface area contributed by atoms with Crippen LogP contribution < -0.4 is 14.8 Å². The summed E-state index contributed by atoms with van der Waals surface area (Å²) in [5.74, 6) is -1.28. The van der Waals surface area contributed by atoms with Crippen molar-refractivity contribution in [3.8, 4) is 22.6 Å². The Morgan fingerprint density at radius 1 is 0.870 bits per heavy atom. The first-order chi connectivity index (χ1) is 21.4. The highest BCUT2D eigenvalue weighted by Crippen LogP contribution is 2.40. The summed E-state index contributed by atoms with van der Waals surface area (Å²) in [5.41, 5.74) is -2.35. The molecule has 0 aromatic heterocycles. The van der Waals surface area contributed by atoms with Gasteiger partial charge in [0, 0.05) is 31.9 Å². The summed E-state index contributed by atoms with van der Waals surface area (Å²) >= 11 is 1.73. The van der Waals surface area contributed by atoms with E-state index in [2.05, 4.69) is 10.1 Å². The minimum atomic E-state index is -5.01. The highest BCUT2D eigenvalue weighted by atomic mass is 127. The van der Waals surface area contributed by atoms with Gasteiger partial charge >= 0.3 is 18.7 Å². The van der Waals surface area contributed by atoms with Crippen LogP contribution in [0.15, 0.2) is 54.6 Å². The summed E-state index contributed by atoms with van der Waals surface area (Å²) in [6, 6.07) is 7.97. The van der Waals surface area contributed by atoms with Crippen LogP contribution in [0.25, 0.3) is 11.1 Å². The maximum Gasteiger partial charge on any atom is 0.573 e. The van der Waals surface area contributed by atoms with Gasteiger partial charge in [-0.3, -0.25) is 14.5 Å². The zero-order valence-electron chi connectivity index (χ0n) is 23.1. The molecule has 2 aliphatic rings. The van der Waals surface area contributed by atoms with Gasteiger partial charge < -0.3 is 19.7 Å². The van der Waals surface area contributed by atoms with Crippen LogP contribution >= 0.6 is 22.6 Å². The number of carbonyl (C=O) groups excluding carboxylic acids is 2. The highest BCUT2D eigenvalue weighted by Gasteiger charge is 2.39. The summed E-state index contributed by atoms with van der Waals surface area (Å²) in [4.78, 5) is 29.2. The van der Waals surface area contributed by atoms with Gasteiger partial charge in [-0.25, -0.2) is 0 Å². The number of fused-ring (bicyclic) bond motifs is 2. The van der Waals surface area contributed by atoms with Crippen LogP contribution in [0.1, 0.15) is 16.7 Å². The number of hydrogen-bond acceptors (Lipinski definition) is 5. The number of alkyl halides is 9. The molecule has 5 rings (SSSR count). The first kappa shape index (κ1) is 33.6. The van der Waals surface area contributed by atoms with Gasteiger partial charge in [0.25, 0.3) is 5.91 Å². The second-order valence-corrected chi connectivity index (χ2v) is 11.6. The molecule has 1 atom stereocenters. The molecule has 0 bridgehead atoms. The first-order valence-corrected chi connectivity index (χ1v) is 14.4. The summed E-state index contributed by atoms with van der Waals surface area (Å²) in [5, 5.41) is 2.71. The van der Waals surface area contributed by atoms with Crippen molar-refractivity contribution in [1.29, 1.82) is 0 Å². The molecule has 0 aliphatic carbocycles. The second-order valence-electron chi connectivity index (χ2n) is 10.4. The molecule has 46 heavy (non-hydrogen) atoms. The van der Waals surface area contributed by atoms with Crippen LogP contribution in [0.3, 0.4) is 0 Å². The van der Waals surface area contributed by atoms with Gasteiger partial charge in [0.05, 0.1) is 14.7 Å². The molecule has 2 aliphatic heterocycles. The molecule has 0 unspecified atom stereocenters. The van der Waals surface area contributed by atoms with Crippen LogP contribution in [0.4, 0.5) is 45.2 Å². The lowest BCUT2D eigenvalue weighted by molar-refractivity contribution is -0.274. The number of rotatable bonds is 5. The van der Waals surface area contributed by atoms with Gasteiger partial charge in [0.15, 0.2) is 6.61 Å². The van der Waals surface area contributed by atoms with Crippen molar-refractivity contribution >= 4 is 40.1 Å². The third-order valence-electron chi connectivity index (χ3n) is 7.29. The number of ether oxygens (including phenoxy) is 2. The van der Waals surface area contributed by atoms with Crippen LogP contribution in [-0.2, 0) is 28.5 Å².